The van der Waals surface area contributed by atoms with Crippen LogP contribution >= 0.6 is 24.0 Å². The molecule has 0 amide bonds. The molecule has 1 saturated heterocycles. The van der Waals surface area contributed by atoms with Crippen molar-refractivity contribution in [3.05, 3.63) is 35.4 Å². The Morgan fingerprint density at radius 2 is 1.63 bits per heavy atom. The number of rotatable bonds is 7. The topological polar surface area (TPSA) is 42.9 Å². The van der Waals surface area contributed by atoms with Gasteiger partial charge < -0.3 is 15.5 Å². The van der Waals surface area contributed by atoms with Crippen molar-refractivity contribution in [2.75, 3.05) is 39.8 Å². The Hall–Kier alpha value is -0.860. The summed E-state index contributed by atoms with van der Waals surface area (Å²) in [6.07, 6.45) is 0. The summed E-state index contributed by atoms with van der Waals surface area (Å²) in [6.45, 7) is 16.0. The van der Waals surface area contributed by atoms with E-state index in [4.69, 9.17) is 4.99 Å². The van der Waals surface area contributed by atoms with E-state index in [0.29, 0.717) is 18.5 Å². The van der Waals surface area contributed by atoms with E-state index in [-0.39, 0.29) is 24.0 Å². The average Bonchev–Trinajstić information content (AvgIpc) is 2.63. The van der Waals surface area contributed by atoms with Gasteiger partial charge in [-0.1, -0.05) is 38.1 Å². The van der Waals surface area contributed by atoms with Gasteiger partial charge in [0.2, 0.25) is 0 Å². The SMILES string of the molecule is CCNC(=NCc1ccc(CN2CCN(C)CC2)cc1)NC(C)C(C)C.I. The summed E-state index contributed by atoms with van der Waals surface area (Å²) in [5.41, 5.74) is 2.64. The second kappa shape index (κ2) is 12.6. The van der Waals surface area contributed by atoms with Crippen LogP contribution in [0.2, 0.25) is 0 Å². The Labute approximate surface area is 183 Å². The zero-order valence-corrected chi connectivity index (χ0v) is 20.0. The van der Waals surface area contributed by atoms with Gasteiger partial charge in [0.15, 0.2) is 5.96 Å². The summed E-state index contributed by atoms with van der Waals surface area (Å²) in [4.78, 5) is 9.67. The molecule has 0 spiro atoms. The molecule has 1 aromatic carbocycles. The van der Waals surface area contributed by atoms with Gasteiger partial charge in [-0.05, 0) is 37.9 Å². The molecule has 0 aromatic heterocycles. The monoisotopic (exact) mass is 487 g/mol. The van der Waals surface area contributed by atoms with Crippen LogP contribution in [0.4, 0.5) is 0 Å². The summed E-state index contributed by atoms with van der Waals surface area (Å²) < 4.78 is 0. The Bertz CT molecular complexity index is 550. The van der Waals surface area contributed by atoms with Crippen LogP contribution in [-0.4, -0.2) is 61.6 Å². The van der Waals surface area contributed by atoms with Crippen LogP contribution in [0.1, 0.15) is 38.8 Å². The van der Waals surface area contributed by atoms with Gasteiger partial charge >= 0.3 is 0 Å². The highest BCUT2D eigenvalue weighted by Gasteiger charge is 2.13. The van der Waals surface area contributed by atoms with Gasteiger partial charge in [-0.2, -0.15) is 0 Å². The summed E-state index contributed by atoms with van der Waals surface area (Å²) in [5, 5.41) is 6.82. The van der Waals surface area contributed by atoms with Crippen molar-refractivity contribution in [2.45, 2.75) is 46.8 Å². The molecule has 1 aliphatic rings. The molecule has 5 nitrogen and oxygen atoms in total. The van der Waals surface area contributed by atoms with Gasteiger partial charge in [0.25, 0.3) is 0 Å². The van der Waals surface area contributed by atoms with Crippen molar-refractivity contribution in [1.82, 2.24) is 20.4 Å². The van der Waals surface area contributed by atoms with Crippen molar-refractivity contribution in [2.24, 2.45) is 10.9 Å². The molecule has 154 valence electrons. The third kappa shape index (κ3) is 8.79. The molecule has 1 atom stereocenters. The molecule has 1 heterocycles. The minimum atomic E-state index is 0. The van der Waals surface area contributed by atoms with E-state index >= 15 is 0 Å². The van der Waals surface area contributed by atoms with Gasteiger partial charge in [-0.25, -0.2) is 4.99 Å². The quantitative estimate of drug-likeness (QED) is 0.353. The lowest BCUT2D eigenvalue weighted by Crippen LogP contribution is -2.44. The Balaban J connectivity index is 0.00000364. The molecule has 2 rings (SSSR count). The Morgan fingerprint density at radius 3 is 2.19 bits per heavy atom. The zero-order valence-electron chi connectivity index (χ0n) is 17.7. The summed E-state index contributed by atoms with van der Waals surface area (Å²) >= 11 is 0. The Morgan fingerprint density at radius 1 is 1.04 bits per heavy atom. The lowest BCUT2D eigenvalue weighted by Gasteiger charge is -2.32. The van der Waals surface area contributed by atoms with Gasteiger partial charge in [0.1, 0.15) is 0 Å². The van der Waals surface area contributed by atoms with E-state index in [1.54, 1.807) is 0 Å². The van der Waals surface area contributed by atoms with Crippen LogP contribution in [0, 0.1) is 5.92 Å². The van der Waals surface area contributed by atoms with E-state index in [2.05, 4.69) is 79.4 Å². The van der Waals surface area contributed by atoms with Gasteiger partial charge in [0, 0.05) is 45.3 Å². The molecule has 2 N–H and O–H groups in total. The third-order valence-electron chi connectivity index (χ3n) is 5.15. The predicted octanol–water partition coefficient (Wildman–Crippen LogP) is 3.15. The number of nitrogens with one attached hydrogen (secondary N) is 2. The molecule has 6 heteroatoms. The van der Waals surface area contributed by atoms with E-state index in [1.807, 2.05) is 0 Å². The lowest BCUT2D eigenvalue weighted by atomic mass is 10.1. The van der Waals surface area contributed by atoms with Crippen LogP contribution in [0.3, 0.4) is 0 Å². The first-order valence-corrected chi connectivity index (χ1v) is 10.0. The van der Waals surface area contributed by atoms with E-state index < -0.39 is 0 Å². The second-order valence-corrected chi connectivity index (χ2v) is 7.77. The highest BCUT2D eigenvalue weighted by atomic mass is 127. The lowest BCUT2D eigenvalue weighted by molar-refractivity contribution is 0.148. The largest absolute Gasteiger partial charge is 0.357 e. The standard InChI is InChI=1S/C21H37N5.HI/c1-6-22-21(24-18(4)17(2)3)23-15-19-7-9-20(10-8-19)16-26-13-11-25(5)12-14-26;/h7-10,17-18H,6,11-16H2,1-5H3,(H2,22,23,24);1H. The van der Waals surface area contributed by atoms with E-state index in [9.17, 15) is 0 Å². The number of halogens is 1. The second-order valence-electron chi connectivity index (χ2n) is 7.77. The summed E-state index contributed by atoms with van der Waals surface area (Å²) in [7, 11) is 2.20. The van der Waals surface area contributed by atoms with Crippen LogP contribution in [-0.2, 0) is 13.1 Å². The maximum atomic E-state index is 4.74. The number of aliphatic imine (C=N–C) groups is 1. The number of piperazine rings is 1. The maximum absolute atomic E-state index is 4.74. The molecule has 0 aliphatic carbocycles. The fourth-order valence-corrected chi connectivity index (χ4v) is 2.89. The van der Waals surface area contributed by atoms with Gasteiger partial charge in [0.05, 0.1) is 6.54 Å². The third-order valence-corrected chi connectivity index (χ3v) is 5.15. The molecule has 1 aromatic rings. The zero-order chi connectivity index (χ0) is 18.9. The molecular formula is C21H38IN5. The summed E-state index contributed by atoms with van der Waals surface area (Å²) in [6, 6.07) is 9.33. The first-order chi connectivity index (χ1) is 12.5. The highest BCUT2D eigenvalue weighted by molar-refractivity contribution is 14.0. The molecule has 27 heavy (non-hydrogen) atoms. The minimum Gasteiger partial charge on any atom is -0.357 e. The number of benzene rings is 1. The van der Waals surface area contributed by atoms with E-state index in [0.717, 1.165) is 32.1 Å². The first-order valence-electron chi connectivity index (χ1n) is 10.0. The maximum Gasteiger partial charge on any atom is 0.191 e. The average molecular weight is 487 g/mol. The van der Waals surface area contributed by atoms with Crippen molar-refractivity contribution >= 4 is 29.9 Å². The minimum absolute atomic E-state index is 0. The number of hydrogen-bond donors (Lipinski definition) is 2. The molecular weight excluding hydrogens is 449 g/mol. The molecule has 0 radical (unpaired) electrons. The van der Waals surface area contributed by atoms with Crippen LogP contribution in [0.25, 0.3) is 0 Å². The van der Waals surface area contributed by atoms with Crippen molar-refractivity contribution in [3.63, 3.8) is 0 Å². The molecule has 0 saturated carbocycles. The predicted molar refractivity (Wildman–Crippen MR) is 127 cm³/mol. The normalized spacial score (nSPS) is 17.5. The van der Waals surface area contributed by atoms with Crippen molar-refractivity contribution < 1.29 is 0 Å². The fraction of sp³-hybridized carbons (Fsp3) is 0.667. The van der Waals surface area contributed by atoms with Crippen LogP contribution < -0.4 is 10.6 Å². The smallest absolute Gasteiger partial charge is 0.191 e. The molecule has 1 unspecified atom stereocenters. The highest BCUT2D eigenvalue weighted by Crippen LogP contribution is 2.10. The fourth-order valence-electron chi connectivity index (χ4n) is 2.89. The Kier molecular flexibility index (Phi) is 11.3. The molecule has 1 aliphatic heterocycles. The number of hydrogen-bond acceptors (Lipinski definition) is 3. The van der Waals surface area contributed by atoms with Crippen molar-refractivity contribution in [3.8, 4) is 0 Å². The molecule has 0 bridgehead atoms. The van der Waals surface area contributed by atoms with Gasteiger partial charge in [-0.3, -0.25) is 4.90 Å². The molecule has 1 fully saturated rings. The van der Waals surface area contributed by atoms with E-state index in [1.165, 1.54) is 24.2 Å². The van der Waals surface area contributed by atoms with Crippen molar-refractivity contribution in [1.29, 1.82) is 0 Å². The number of guanidine groups is 1. The summed E-state index contributed by atoms with van der Waals surface area (Å²) in [5.74, 6) is 1.47. The number of likely N-dealkylation sites (N-methyl/N-ethyl adjacent to an activating group) is 1. The van der Waals surface area contributed by atoms with Crippen LogP contribution in [0.5, 0.6) is 0 Å². The van der Waals surface area contributed by atoms with Crippen LogP contribution in [0.15, 0.2) is 29.3 Å². The first kappa shape index (κ1) is 24.2. The van der Waals surface area contributed by atoms with Gasteiger partial charge in [-0.15, -0.1) is 24.0 Å². The number of nitrogens with zero attached hydrogens (tertiary/aromatic N) is 3.